The zero-order valence-electron chi connectivity index (χ0n) is 23.4. The number of rotatable bonds is 8. The van der Waals surface area contributed by atoms with Crippen molar-refractivity contribution in [2.45, 2.75) is 65.7 Å². The van der Waals surface area contributed by atoms with Crippen molar-refractivity contribution in [3.63, 3.8) is 0 Å². The maximum Gasteiger partial charge on any atom is 0.307 e. The van der Waals surface area contributed by atoms with Crippen molar-refractivity contribution in [3.8, 4) is 34.7 Å². The van der Waals surface area contributed by atoms with Crippen molar-refractivity contribution >= 4 is 11.9 Å². The molecule has 1 aliphatic rings. The van der Waals surface area contributed by atoms with E-state index in [0.29, 0.717) is 42.2 Å². The van der Waals surface area contributed by atoms with Gasteiger partial charge in [-0.05, 0) is 70.4 Å². The molecule has 10 nitrogen and oxygen atoms in total. The molecular formula is C30H34N4O6. The maximum atomic E-state index is 13.2. The van der Waals surface area contributed by atoms with Gasteiger partial charge in [0.1, 0.15) is 17.4 Å². The van der Waals surface area contributed by atoms with Crippen molar-refractivity contribution in [3.05, 3.63) is 53.1 Å². The van der Waals surface area contributed by atoms with Gasteiger partial charge in [-0.1, -0.05) is 23.4 Å². The van der Waals surface area contributed by atoms with E-state index in [-0.39, 0.29) is 24.3 Å². The Kier molecular flexibility index (Phi) is 8.55. The SMILES string of the molecule is CC(C)Oc1ccc(-c2nc(-c3cccc4c3CCN(C(=O)[C@@H](CO)CC(=O)OC(C)(C)C)C4)no2)cc1C#N. The largest absolute Gasteiger partial charge is 0.490 e. The molecule has 1 amide bonds. The summed E-state index contributed by atoms with van der Waals surface area (Å²) in [5, 5.41) is 23.6. The van der Waals surface area contributed by atoms with Crippen LogP contribution in [0.25, 0.3) is 22.8 Å². The number of amides is 1. The minimum absolute atomic E-state index is 0.0667. The standard InChI is InChI=1S/C30H34N4O6/c1-18(2)38-25-10-9-19(13-21(25)15-31)28-32-27(33-40-28)24-8-6-7-20-16-34(12-11-23(20)24)29(37)22(17-35)14-26(36)39-30(3,4)5/h6-10,13,18,22,35H,11-12,14,16-17H2,1-5H3/t22-/m1/s1. The van der Waals surface area contributed by atoms with Gasteiger partial charge < -0.3 is 24.0 Å². The highest BCUT2D eigenvalue weighted by Crippen LogP contribution is 2.32. The maximum absolute atomic E-state index is 13.2. The van der Waals surface area contributed by atoms with Crippen LogP contribution in [0.1, 0.15) is 57.7 Å². The average molecular weight is 547 g/mol. The van der Waals surface area contributed by atoms with Crippen LogP contribution in [-0.4, -0.2) is 56.9 Å². The van der Waals surface area contributed by atoms with E-state index in [1.54, 1.807) is 43.9 Å². The normalized spacial score (nSPS) is 13.9. The second kappa shape index (κ2) is 11.9. The Morgan fingerprint density at radius 1 is 1.23 bits per heavy atom. The van der Waals surface area contributed by atoms with Crippen LogP contribution in [0.4, 0.5) is 0 Å². The second-order valence-corrected chi connectivity index (χ2v) is 11.0. The number of nitrogens with zero attached hydrogens (tertiary/aromatic N) is 4. The molecule has 0 unspecified atom stereocenters. The van der Waals surface area contributed by atoms with Crippen molar-refractivity contribution in [2.75, 3.05) is 13.2 Å². The van der Waals surface area contributed by atoms with Gasteiger partial charge in [0.15, 0.2) is 0 Å². The van der Waals surface area contributed by atoms with Gasteiger partial charge in [0.2, 0.25) is 11.7 Å². The highest BCUT2D eigenvalue weighted by atomic mass is 16.6. The zero-order valence-corrected chi connectivity index (χ0v) is 23.4. The number of carbonyl (C=O) groups is 2. The summed E-state index contributed by atoms with van der Waals surface area (Å²) < 4.78 is 16.6. The molecule has 2 heterocycles. The van der Waals surface area contributed by atoms with E-state index < -0.39 is 24.1 Å². The van der Waals surface area contributed by atoms with Crippen LogP contribution < -0.4 is 4.74 Å². The quantitative estimate of drug-likeness (QED) is 0.410. The van der Waals surface area contributed by atoms with E-state index in [4.69, 9.17) is 14.0 Å². The third kappa shape index (κ3) is 6.66. The molecular weight excluding hydrogens is 512 g/mol. The van der Waals surface area contributed by atoms with E-state index in [0.717, 1.165) is 16.7 Å². The van der Waals surface area contributed by atoms with Crippen molar-refractivity contribution in [1.82, 2.24) is 15.0 Å². The molecule has 0 fully saturated rings. The molecule has 2 aromatic carbocycles. The molecule has 3 aromatic rings. The fourth-order valence-electron chi connectivity index (χ4n) is 4.64. The molecule has 1 atom stereocenters. The van der Waals surface area contributed by atoms with E-state index in [1.165, 1.54) is 0 Å². The molecule has 4 rings (SSSR count). The molecule has 210 valence electrons. The summed E-state index contributed by atoms with van der Waals surface area (Å²) in [4.78, 5) is 31.7. The average Bonchev–Trinajstić information content (AvgIpc) is 3.39. The lowest BCUT2D eigenvalue weighted by Crippen LogP contribution is -2.42. The first-order chi connectivity index (χ1) is 19.0. The Morgan fingerprint density at radius 3 is 2.67 bits per heavy atom. The van der Waals surface area contributed by atoms with Crippen LogP contribution in [0.15, 0.2) is 40.9 Å². The minimum Gasteiger partial charge on any atom is -0.490 e. The minimum atomic E-state index is -0.866. The topological polar surface area (TPSA) is 139 Å². The predicted molar refractivity (Wildman–Crippen MR) is 146 cm³/mol. The number of esters is 1. The molecule has 0 saturated carbocycles. The summed E-state index contributed by atoms with van der Waals surface area (Å²) >= 11 is 0. The lowest BCUT2D eigenvalue weighted by atomic mass is 9.93. The van der Waals surface area contributed by atoms with Gasteiger partial charge in [0, 0.05) is 24.2 Å². The number of aromatic nitrogens is 2. The Bertz CT molecular complexity index is 1430. The zero-order chi connectivity index (χ0) is 29.0. The third-order valence-electron chi connectivity index (χ3n) is 6.36. The van der Waals surface area contributed by atoms with Gasteiger partial charge >= 0.3 is 5.97 Å². The first kappa shape index (κ1) is 28.8. The summed E-state index contributed by atoms with van der Waals surface area (Å²) in [5.41, 5.74) is 3.05. The van der Waals surface area contributed by atoms with Crippen LogP contribution >= 0.6 is 0 Å². The molecule has 1 N–H and O–H groups in total. The van der Waals surface area contributed by atoms with Crippen LogP contribution in [0, 0.1) is 17.2 Å². The highest BCUT2D eigenvalue weighted by molar-refractivity contribution is 5.84. The van der Waals surface area contributed by atoms with Gasteiger partial charge in [-0.2, -0.15) is 10.2 Å². The summed E-state index contributed by atoms with van der Waals surface area (Å²) in [6, 6.07) is 13.0. The van der Waals surface area contributed by atoms with E-state index in [1.807, 2.05) is 32.0 Å². The summed E-state index contributed by atoms with van der Waals surface area (Å²) in [5.74, 6) is -0.491. The fraction of sp³-hybridized carbons (Fsp3) is 0.433. The lowest BCUT2D eigenvalue weighted by Gasteiger charge is -2.32. The Hall–Kier alpha value is -4.23. The van der Waals surface area contributed by atoms with Gasteiger partial charge in [-0.25, -0.2) is 0 Å². The lowest BCUT2D eigenvalue weighted by molar-refractivity contribution is -0.159. The van der Waals surface area contributed by atoms with Gasteiger partial charge in [-0.3, -0.25) is 9.59 Å². The Balaban J connectivity index is 1.51. The number of hydrogen-bond donors (Lipinski definition) is 1. The van der Waals surface area contributed by atoms with Gasteiger partial charge in [0.05, 0.1) is 30.6 Å². The Morgan fingerprint density at radius 2 is 2.00 bits per heavy atom. The predicted octanol–water partition coefficient (Wildman–Crippen LogP) is 4.29. The van der Waals surface area contributed by atoms with E-state index in [9.17, 15) is 20.0 Å². The number of benzene rings is 2. The van der Waals surface area contributed by atoms with Crippen molar-refractivity contribution in [1.29, 1.82) is 5.26 Å². The summed E-state index contributed by atoms with van der Waals surface area (Å²) in [6.07, 6.45) is 0.300. The number of aliphatic hydroxyl groups is 1. The van der Waals surface area contributed by atoms with Crippen LogP contribution in [0.5, 0.6) is 5.75 Å². The van der Waals surface area contributed by atoms with Crippen LogP contribution in [0.2, 0.25) is 0 Å². The molecule has 40 heavy (non-hydrogen) atoms. The smallest absolute Gasteiger partial charge is 0.307 e. The van der Waals surface area contributed by atoms with Gasteiger partial charge in [0.25, 0.3) is 5.89 Å². The number of carbonyl (C=O) groups excluding carboxylic acids is 2. The molecule has 0 saturated heterocycles. The number of hydrogen-bond acceptors (Lipinski definition) is 9. The molecule has 0 aliphatic carbocycles. The number of aliphatic hydroxyl groups excluding tert-OH is 1. The molecule has 0 bridgehead atoms. The number of nitriles is 1. The van der Waals surface area contributed by atoms with Gasteiger partial charge in [-0.15, -0.1) is 0 Å². The molecule has 0 spiro atoms. The van der Waals surface area contributed by atoms with E-state index in [2.05, 4.69) is 16.2 Å². The molecule has 1 aliphatic heterocycles. The van der Waals surface area contributed by atoms with Crippen LogP contribution in [-0.2, 0) is 27.3 Å². The Labute approximate surface area is 233 Å². The highest BCUT2D eigenvalue weighted by Gasteiger charge is 2.31. The summed E-state index contributed by atoms with van der Waals surface area (Å²) in [6.45, 7) is 9.37. The first-order valence-electron chi connectivity index (χ1n) is 13.3. The van der Waals surface area contributed by atoms with Crippen molar-refractivity contribution < 1.29 is 28.7 Å². The summed E-state index contributed by atoms with van der Waals surface area (Å²) in [7, 11) is 0. The molecule has 10 heteroatoms. The monoisotopic (exact) mass is 546 g/mol. The number of ether oxygens (including phenoxy) is 2. The van der Waals surface area contributed by atoms with Crippen LogP contribution in [0.3, 0.4) is 0 Å². The number of fused-ring (bicyclic) bond motifs is 1. The van der Waals surface area contributed by atoms with Crippen molar-refractivity contribution in [2.24, 2.45) is 5.92 Å². The fourth-order valence-corrected chi connectivity index (χ4v) is 4.64. The first-order valence-corrected chi connectivity index (χ1v) is 13.3. The molecule has 1 aromatic heterocycles. The third-order valence-corrected chi connectivity index (χ3v) is 6.36. The van der Waals surface area contributed by atoms with E-state index >= 15 is 0 Å². The second-order valence-electron chi connectivity index (χ2n) is 11.0. The molecule has 0 radical (unpaired) electrons.